The Morgan fingerprint density at radius 3 is 2.46 bits per heavy atom. The van der Waals surface area contributed by atoms with Crippen molar-refractivity contribution in [2.45, 2.75) is 32.7 Å². The third-order valence-corrected chi connectivity index (χ3v) is 6.24. The second kappa shape index (κ2) is 10.5. The zero-order valence-corrected chi connectivity index (χ0v) is 19.6. The van der Waals surface area contributed by atoms with Gasteiger partial charge in [-0.15, -0.1) is 0 Å². The first kappa shape index (κ1) is 24.1. The van der Waals surface area contributed by atoms with Crippen LogP contribution >= 0.6 is 0 Å². The lowest BCUT2D eigenvalue weighted by molar-refractivity contribution is -0.123. The fourth-order valence-electron chi connectivity index (χ4n) is 4.42. The van der Waals surface area contributed by atoms with Gasteiger partial charge in [0.1, 0.15) is 5.82 Å². The molecule has 10 nitrogen and oxygen atoms in total. The molecule has 184 valence electrons. The summed E-state index contributed by atoms with van der Waals surface area (Å²) < 4.78 is 6.46. The molecule has 0 unspecified atom stereocenters. The van der Waals surface area contributed by atoms with E-state index in [2.05, 4.69) is 4.98 Å². The fourth-order valence-corrected chi connectivity index (χ4v) is 4.42. The van der Waals surface area contributed by atoms with Crippen LogP contribution in [0.3, 0.4) is 0 Å². The van der Waals surface area contributed by atoms with E-state index in [1.165, 1.54) is 15.7 Å². The number of aromatic nitrogens is 2. The lowest BCUT2D eigenvalue weighted by atomic mass is 9.94. The zero-order chi connectivity index (χ0) is 24.9. The number of furan rings is 1. The summed E-state index contributed by atoms with van der Waals surface area (Å²) in [5, 5.41) is 0. The Hall–Kier alpha value is -4.08. The molecule has 3 N–H and O–H groups in total. The smallest absolute Gasteiger partial charge is 0.330 e. The number of nitrogens with one attached hydrogen (secondary N) is 1. The summed E-state index contributed by atoms with van der Waals surface area (Å²) in [4.78, 5) is 56.9. The van der Waals surface area contributed by atoms with Crippen LogP contribution in [-0.4, -0.2) is 45.9 Å². The molecular formula is C25H29N5O5. The number of nitrogens with zero attached hydrogens (tertiary/aromatic N) is 3. The maximum atomic E-state index is 13.6. The van der Waals surface area contributed by atoms with Gasteiger partial charge in [-0.1, -0.05) is 37.3 Å². The molecule has 1 fully saturated rings. The summed E-state index contributed by atoms with van der Waals surface area (Å²) in [6, 6.07) is 12.5. The number of aromatic amines is 1. The standard InChI is InChI=1S/C25H29N5O5/c1-2-12-29(23(32)18-10-13-28(14-11-18)24(33)19-9-6-15-35-19)20-21(26)30(25(34)27-22(20)31)16-17-7-4-3-5-8-17/h3-9,15,18H,2,10-14,16,26H2,1H3,(H,27,31,34). The number of rotatable bonds is 7. The van der Waals surface area contributed by atoms with Gasteiger partial charge in [0.05, 0.1) is 12.8 Å². The minimum absolute atomic E-state index is 0.0125. The van der Waals surface area contributed by atoms with E-state index in [9.17, 15) is 19.2 Å². The van der Waals surface area contributed by atoms with Gasteiger partial charge < -0.3 is 20.0 Å². The molecular weight excluding hydrogens is 450 g/mol. The van der Waals surface area contributed by atoms with Gasteiger partial charge in [0.25, 0.3) is 11.5 Å². The molecule has 35 heavy (non-hydrogen) atoms. The molecule has 0 aliphatic carbocycles. The number of carbonyl (C=O) groups is 2. The van der Waals surface area contributed by atoms with Gasteiger partial charge in [-0.25, -0.2) is 4.79 Å². The molecule has 10 heteroatoms. The molecule has 1 aliphatic rings. The first-order valence-corrected chi connectivity index (χ1v) is 11.7. The summed E-state index contributed by atoms with van der Waals surface area (Å²) in [6.07, 6.45) is 2.95. The second-order valence-corrected chi connectivity index (χ2v) is 8.60. The van der Waals surface area contributed by atoms with Gasteiger partial charge in [0, 0.05) is 25.6 Å². The number of H-pyrrole nitrogens is 1. The third-order valence-electron chi connectivity index (χ3n) is 6.24. The van der Waals surface area contributed by atoms with Crippen molar-refractivity contribution >= 4 is 23.3 Å². The van der Waals surface area contributed by atoms with Crippen molar-refractivity contribution in [2.24, 2.45) is 5.92 Å². The van der Waals surface area contributed by atoms with Gasteiger partial charge in [0.2, 0.25) is 5.91 Å². The molecule has 0 atom stereocenters. The maximum absolute atomic E-state index is 13.6. The molecule has 2 aromatic heterocycles. The number of carbonyl (C=O) groups excluding carboxylic acids is 2. The van der Waals surface area contributed by atoms with Crippen molar-refractivity contribution in [1.82, 2.24) is 14.5 Å². The number of hydrogen-bond donors (Lipinski definition) is 2. The number of anilines is 2. The molecule has 1 saturated heterocycles. The highest BCUT2D eigenvalue weighted by atomic mass is 16.3. The largest absolute Gasteiger partial charge is 0.459 e. The van der Waals surface area contributed by atoms with Crippen molar-refractivity contribution in [3.05, 3.63) is 80.9 Å². The molecule has 1 aromatic carbocycles. The van der Waals surface area contributed by atoms with Crippen molar-refractivity contribution in [2.75, 3.05) is 30.3 Å². The maximum Gasteiger partial charge on any atom is 0.330 e. The van der Waals surface area contributed by atoms with Crippen molar-refractivity contribution in [3.63, 3.8) is 0 Å². The predicted octanol–water partition coefficient (Wildman–Crippen LogP) is 2.06. The van der Waals surface area contributed by atoms with Gasteiger partial charge in [-0.05, 0) is 37.0 Å². The normalized spacial score (nSPS) is 14.1. The number of benzene rings is 1. The number of amides is 2. The van der Waals surface area contributed by atoms with Crippen molar-refractivity contribution in [3.8, 4) is 0 Å². The molecule has 0 saturated carbocycles. The molecule has 0 spiro atoms. The van der Waals surface area contributed by atoms with E-state index in [4.69, 9.17) is 10.2 Å². The van der Waals surface area contributed by atoms with E-state index < -0.39 is 11.2 Å². The predicted molar refractivity (Wildman–Crippen MR) is 131 cm³/mol. The molecule has 3 heterocycles. The van der Waals surface area contributed by atoms with Crippen LogP contribution in [0.1, 0.15) is 42.3 Å². The summed E-state index contributed by atoms with van der Waals surface area (Å²) >= 11 is 0. The molecule has 0 radical (unpaired) electrons. The van der Waals surface area contributed by atoms with E-state index in [0.717, 1.165) is 5.56 Å². The van der Waals surface area contributed by atoms with Crippen molar-refractivity contribution in [1.29, 1.82) is 0 Å². The number of nitrogen functional groups attached to an aromatic ring is 1. The summed E-state index contributed by atoms with van der Waals surface area (Å²) in [7, 11) is 0. The average molecular weight is 480 g/mol. The van der Waals surface area contributed by atoms with Gasteiger partial charge in [0.15, 0.2) is 11.4 Å². The summed E-state index contributed by atoms with van der Waals surface area (Å²) in [5.74, 6) is -0.605. The van der Waals surface area contributed by atoms with Crippen LogP contribution in [0.2, 0.25) is 0 Å². The topological polar surface area (TPSA) is 135 Å². The number of likely N-dealkylation sites (tertiary alicyclic amines) is 1. The van der Waals surface area contributed by atoms with Crippen LogP contribution in [0.25, 0.3) is 0 Å². The van der Waals surface area contributed by atoms with E-state index in [0.29, 0.717) is 32.4 Å². The Morgan fingerprint density at radius 1 is 1.11 bits per heavy atom. The monoisotopic (exact) mass is 479 g/mol. The summed E-state index contributed by atoms with van der Waals surface area (Å²) in [6.45, 7) is 3.14. The van der Waals surface area contributed by atoms with Crippen LogP contribution in [-0.2, 0) is 11.3 Å². The molecule has 4 rings (SSSR count). The molecule has 2 amide bonds. The molecule has 3 aromatic rings. The first-order valence-electron chi connectivity index (χ1n) is 11.7. The minimum atomic E-state index is -0.691. The van der Waals surface area contributed by atoms with Crippen LogP contribution in [0.15, 0.2) is 62.7 Å². The lowest BCUT2D eigenvalue weighted by Crippen LogP contribution is -2.47. The highest BCUT2D eigenvalue weighted by molar-refractivity contribution is 5.97. The molecule has 1 aliphatic heterocycles. The highest BCUT2D eigenvalue weighted by Crippen LogP contribution is 2.26. The number of nitrogens with two attached hydrogens (primary N) is 1. The summed E-state index contributed by atoms with van der Waals surface area (Å²) in [5.41, 5.74) is 5.83. The minimum Gasteiger partial charge on any atom is -0.459 e. The zero-order valence-electron chi connectivity index (χ0n) is 19.6. The Kier molecular flexibility index (Phi) is 7.19. The second-order valence-electron chi connectivity index (χ2n) is 8.60. The first-order chi connectivity index (χ1) is 16.9. The number of hydrogen-bond acceptors (Lipinski definition) is 6. The van der Waals surface area contributed by atoms with E-state index in [-0.39, 0.29) is 48.1 Å². The van der Waals surface area contributed by atoms with Crippen LogP contribution in [0, 0.1) is 5.92 Å². The van der Waals surface area contributed by atoms with E-state index >= 15 is 0 Å². The van der Waals surface area contributed by atoms with Crippen molar-refractivity contribution < 1.29 is 14.0 Å². The van der Waals surface area contributed by atoms with E-state index in [1.807, 2.05) is 37.3 Å². The Balaban J connectivity index is 1.57. The lowest BCUT2D eigenvalue weighted by Gasteiger charge is -2.34. The third kappa shape index (κ3) is 5.06. The molecule has 0 bridgehead atoms. The van der Waals surface area contributed by atoms with Gasteiger partial charge in [-0.2, -0.15) is 0 Å². The Labute approximate surface area is 202 Å². The average Bonchev–Trinajstić information content (AvgIpc) is 3.41. The fraction of sp³-hybridized carbons (Fsp3) is 0.360. The Bertz CT molecular complexity index is 1290. The van der Waals surface area contributed by atoms with Gasteiger partial charge in [-0.3, -0.25) is 23.9 Å². The number of piperidine rings is 1. The quantitative estimate of drug-likeness (QED) is 0.533. The Morgan fingerprint density at radius 2 is 1.83 bits per heavy atom. The SMILES string of the molecule is CCCN(C(=O)C1CCN(C(=O)c2ccco2)CC1)c1c(N)n(Cc2ccccc2)c(=O)[nH]c1=O. The van der Waals surface area contributed by atoms with Gasteiger partial charge >= 0.3 is 5.69 Å². The van der Waals surface area contributed by atoms with Crippen LogP contribution in [0.4, 0.5) is 11.5 Å². The highest BCUT2D eigenvalue weighted by Gasteiger charge is 2.33. The van der Waals surface area contributed by atoms with Crippen LogP contribution in [0.5, 0.6) is 0 Å². The van der Waals surface area contributed by atoms with E-state index in [1.54, 1.807) is 17.0 Å². The van der Waals surface area contributed by atoms with Crippen LogP contribution < -0.4 is 21.9 Å².